The van der Waals surface area contributed by atoms with Crippen molar-refractivity contribution >= 4 is 35.2 Å². The van der Waals surface area contributed by atoms with E-state index < -0.39 is 17.5 Å². The molecule has 0 unspecified atom stereocenters. The fourth-order valence-electron chi connectivity index (χ4n) is 4.08. The number of hydrogen-bond donors (Lipinski definition) is 1. The molecule has 0 amide bonds. The third kappa shape index (κ3) is 8.52. The summed E-state index contributed by atoms with van der Waals surface area (Å²) in [6.07, 6.45) is 1.73. The average Bonchev–Trinajstić information content (AvgIpc) is 2.89. The Morgan fingerprint density at radius 1 is 0.946 bits per heavy atom. The molecule has 0 aliphatic carbocycles. The van der Waals surface area contributed by atoms with Crippen LogP contribution in [0.1, 0.15) is 62.4 Å². The Labute approximate surface area is 222 Å². The van der Waals surface area contributed by atoms with E-state index in [-0.39, 0.29) is 12.2 Å². The molecule has 1 N–H and O–H groups in total. The molecule has 0 spiro atoms. The monoisotopic (exact) mass is 526 g/mol. The molecule has 8 nitrogen and oxygen atoms in total. The zero-order valence-electron chi connectivity index (χ0n) is 21.6. The van der Waals surface area contributed by atoms with E-state index in [1.54, 1.807) is 11.8 Å². The van der Waals surface area contributed by atoms with E-state index in [4.69, 9.17) is 14.7 Å². The average molecular weight is 527 g/mol. The molecule has 9 heteroatoms. The van der Waals surface area contributed by atoms with Crippen molar-refractivity contribution in [2.75, 3.05) is 26.3 Å². The minimum Gasteiger partial charge on any atom is -0.481 e. The predicted molar refractivity (Wildman–Crippen MR) is 142 cm³/mol. The Hall–Kier alpha value is -3.01. The summed E-state index contributed by atoms with van der Waals surface area (Å²) in [5.74, 6) is -1.25. The lowest BCUT2D eigenvalue weighted by atomic mass is 9.91. The number of oxime groups is 1. The van der Waals surface area contributed by atoms with Crippen LogP contribution in [0.25, 0.3) is 0 Å². The molecule has 1 aliphatic rings. The highest BCUT2D eigenvalue weighted by Gasteiger charge is 2.35. The van der Waals surface area contributed by atoms with Gasteiger partial charge in [-0.3, -0.25) is 14.5 Å². The van der Waals surface area contributed by atoms with Gasteiger partial charge < -0.3 is 14.7 Å². The maximum absolute atomic E-state index is 13.2. The topological polar surface area (TPSA) is 106 Å². The van der Waals surface area contributed by atoms with E-state index in [0.717, 1.165) is 28.4 Å². The van der Waals surface area contributed by atoms with E-state index >= 15 is 0 Å². The summed E-state index contributed by atoms with van der Waals surface area (Å²) in [5, 5.41) is 12.8. The first kappa shape index (κ1) is 28.6. The van der Waals surface area contributed by atoms with Crippen LogP contribution in [0.5, 0.6) is 0 Å². The number of unbranched alkanes of at least 4 members (excludes halogenated alkanes) is 1. The third-order valence-electron chi connectivity index (χ3n) is 6.24. The predicted octanol–water partition coefficient (Wildman–Crippen LogP) is 5.04. The third-order valence-corrected chi connectivity index (χ3v) is 7.25. The smallest absolute Gasteiger partial charge is 0.331 e. The molecule has 1 fully saturated rings. The first-order valence-corrected chi connectivity index (χ1v) is 13.2. The molecule has 37 heavy (non-hydrogen) atoms. The summed E-state index contributed by atoms with van der Waals surface area (Å²) in [4.78, 5) is 44.2. The van der Waals surface area contributed by atoms with Crippen LogP contribution in [-0.2, 0) is 19.2 Å². The lowest BCUT2D eigenvalue weighted by molar-refractivity contribution is -0.141. The van der Waals surface area contributed by atoms with Crippen LogP contribution in [0.2, 0.25) is 0 Å². The molecule has 0 aromatic heterocycles. The van der Waals surface area contributed by atoms with Crippen LogP contribution < -0.4 is 0 Å². The summed E-state index contributed by atoms with van der Waals surface area (Å²) >= 11 is 1.58. The van der Waals surface area contributed by atoms with Crippen molar-refractivity contribution in [2.45, 2.75) is 61.8 Å². The Balaban J connectivity index is 1.64. The van der Waals surface area contributed by atoms with Crippen molar-refractivity contribution in [1.82, 2.24) is 4.90 Å². The fourth-order valence-corrected chi connectivity index (χ4v) is 4.89. The molecule has 198 valence electrons. The Bertz CT molecular complexity index is 1110. The lowest BCUT2D eigenvalue weighted by Crippen LogP contribution is -2.54. The number of hydrogen-bond acceptors (Lipinski definition) is 8. The van der Waals surface area contributed by atoms with Gasteiger partial charge >= 0.3 is 11.9 Å². The van der Waals surface area contributed by atoms with Gasteiger partial charge in [0.25, 0.3) is 0 Å². The van der Waals surface area contributed by atoms with Crippen molar-refractivity contribution < 1.29 is 29.1 Å². The van der Waals surface area contributed by atoms with Crippen LogP contribution >= 0.6 is 11.8 Å². The second-order valence-corrected chi connectivity index (χ2v) is 10.5. The van der Waals surface area contributed by atoms with Gasteiger partial charge in [0.1, 0.15) is 0 Å². The Morgan fingerprint density at radius 2 is 1.49 bits per heavy atom. The molecule has 2 aromatic carbocycles. The molecule has 1 saturated heterocycles. The van der Waals surface area contributed by atoms with E-state index in [0.29, 0.717) is 43.8 Å². The maximum Gasteiger partial charge on any atom is 0.331 e. The lowest BCUT2D eigenvalue weighted by Gasteiger charge is -2.39. The summed E-state index contributed by atoms with van der Waals surface area (Å²) < 4.78 is 5.42. The zero-order valence-corrected chi connectivity index (χ0v) is 22.4. The van der Waals surface area contributed by atoms with Crippen LogP contribution in [0, 0.1) is 0 Å². The van der Waals surface area contributed by atoms with Gasteiger partial charge in [0.2, 0.25) is 0 Å². The maximum atomic E-state index is 13.2. The van der Waals surface area contributed by atoms with Crippen LogP contribution in [-0.4, -0.2) is 65.3 Å². The second kappa shape index (κ2) is 13.5. The molecule has 0 radical (unpaired) electrons. The van der Waals surface area contributed by atoms with Gasteiger partial charge in [-0.2, -0.15) is 0 Å². The van der Waals surface area contributed by atoms with E-state index in [2.05, 4.69) is 10.1 Å². The Morgan fingerprint density at radius 3 is 2.03 bits per heavy atom. The van der Waals surface area contributed by atoms with Crippen molar-refractivity contribution in [3.05, 3.63) is 59.7 Å². The van der Waals surface area contributed by atoms with Crippen molar-refractivity contribution in [3.8, 4) is 0 Å². The number of rotatable bonds is 12. The van der Waals surface area contributed by atoms with Crippen molar-refractivity contribution in [1.29, 1.82) is 0 Å². The SMILES string of the molecule is CC(=O)O/N=C(\CCCCC(=O)O)c1ccc(Sc2ccc(C(=O)C(C)(C)N3CCOCC3)cc2)cc1. The van der Waals surface area contributed by atoms with E-state index in [9.17, 15) is 14.4 Å². The molecular weight excluding hydrogens is 492 g/mol. The molecule has 1 heterocycles. The van der Waals surface area contributed by atoms with E-state index in [1.807, 2.05) is 62.4 Å². The fraction of sp³-hybridized carbons (Fsp3) is 0.429. The number of benzene rings is 2. The van der Waals surface area contributed by atoms with Crippen LogP contribution in [0.3, 0.4) is 0 Å². The second-order valence-electron chi connectivity index (χ2n) is 9.36. The highest BCUT2D eigenvalue weighted by Crippen LogP contribution is 2.30. The largest absolute Gasteiger partial charge is 0.481 e. The first-order valence-electron chi connectivity index (χ1n) is 12.4. The van der Waals surface area contributed by atoms with Crippen molar-refractivity contribution in [3.63, 3.8) is 0 Å². The number of carboxylic acid groups (broad SMARTS) is 1. The van der Waals surface area contributed by atoms with Gasteiger partial charge in [-0.1, -0.05) is 41.2 Å². The van der Waals surface area contributed by atoms with Gasteiger partial charge in [-0.25, -0.2) is 4.79 Å². The highest BCUT2D eigenvalue weighted by molar-refractivity contribution is 7.99. The molecule has 0 atom stereocenters. The number of morpholine rings is 1. The number of ketones is 1. The zero-order chi connectivity index (χ0) is 26.8. The highest BCUT2D eigenvalue weighted by atomic mass is 32.2. The number of carbonyl (C=O) groups is 3. The number of Topliss-reactive ketones (excluding diaryl/α,β-unsaturated/α-hetero) is 1. The number of carboxylic acids is 1. The molecular formula is C28H34N2O6S. The molecule has 0 bridgehead atoms. The quantitative estimate of drug-likeness (QED) is 0.135. The van der Waals surface area contributed by atoms with E-state index in [1.165, 1.54) is 6.92 Å². The summed E-state index contributed by atoms with van der Waals surface area (Å²) in [6.45, 7) is 8.01. The van der Waals surface area contributed by atoms with Gasteiger partial charge in [0.05, 0.1) is 24.5 Å². The van der Waals surface area contributed by atoms with Crippen LogP contribution in [0.15, 0.2) is 63.5 Å². The normalized spacial score (nSPS) is 14.8. The summed E-state index contributed by atoms with van der Waals surface area (Å²) in [5.41, 5.74) is 1.51. The van der Waals surface area contributed by atoms with Gasteiger partial charge in [-0.05, 0) is 62.9 Å². The molecule has 3 rings (SSSR count). The molecule has 1 aliphatic heterocycles. The van der Waals surface area contributed by atoms with Gasteiger partial charge in [-0.15, -0.1) is 0 Å². The summed E-state index contributed by atoms with van der Waals surface area (Å²) in [7, 11) is 0. The number of carbonyl (C=O) groups excluding carboxylic acids is 2. The van der Waals surface area contributed by atoms with Gasteiger partial charge in [0.15, 0.2) is 5.78 Å². The van der Waals surface area contributed by atoms with Gasteiger partial charge in [0, 0.05) is 41.8 Å². The minimum atomic E-state index is -0.835. The standard InChI is InChI=1S/C28H34N2O6S/c1-20(31)36-29-25(6-4-5-7-26(32)33)21-8-12-23(13-9-21)37-24-14-10-22(11-15-24)27(34)28(2,3)30-16-18-35-19-17-30/h8-15H,4-7,16-19H2,1-3H3,(H,32,33)/b29-25+. The molecule has 2 aromatic rings. The minimum absolute atomic E-state index is 0.0888. The number of nitrogens with zero attached hydrogens (tertiary/aromatic N) is 2. The summed E-state index contributed by atoms with van der Waals surface area (Å²) in [6, 6.07) is 15.4. The first-order chi connectivity index (χ1) is 17.7. The number of ether oxygens (including phenoxy) is 1. The van der Waals surface area contributed by atoms with Crippen LogP contribution in [0.4, 0.5) is 0 Å². The number of aliphatic carboxylic acids is 1. The Kier molecular flexibility index (Phi) is 10.4. The van der Waals surface area contributed by atoms with Crippen molar-refractivity contribution in [2.24, 2.45) is 5.16 Å². The molecule has 0 saturated carbocycles.